The van der Waals surface area contributed by atoms with Crippen molar-refractivity contribution in [2.75, 3.05) is 18.4 Å². The van der Waals surface area contributed by atoms with Gasteiger partial charge in [-0.3, -0.25) is 4.79 Å². The third-order valence-electron chi connectivity index (χ3n) is 7.27. The number of halogens is 1. The minimum atomic E-state index is -0.310. The van der Waals surface area contributed by atoms with Crippen molar-refractivity contribution in [3.8, 4) is 11.3 Å². The van der Waals surface area contributed by atoms with Crippen molar-refractivity contribution >= 4 is 42.3 Å². The van der Waals surface area contributed by atoms with E-state index in [-0.39, 0.29) is 17.4 Å². The molecular formula is C27H25BClN5O. The van der Waals surface area contributed by atoms with Crippen LogP contribution in [-0.4, -0.2) is 52.4 Å². The number of benzene rings is 2. The van der Waals surface area contributed by atoms with Crippen LogP contribution >= 0.6 is 11.6 Å². The van der Waals surface area contributed by atoms with E-state index in [1.54, 1.807) is 10.7 Å². The maximum absolute atomic E-state index is 13.4. The summed E-state index contributed by atoms with van der Waals surface area (Å²) in [4.78, 5) is 20.2. The van der Waals surface area contributed by atoms with Crippen LogP contribution in [0.1, 0.15) is 31.2 Å². The van der Waals surface area contributed by atoms with Gasteiger partial charge in [0.15, 0.2) is 5.65 Å². The fourth-order valence-corrected chi connectivity index (χ4v) is 5.37. The van der Waals surface area contributed by atoms with Crippen LogP contribution in [0.5, 0.6) is 0 Å². The van der Waals surface area contributed by atoms with Crippen molar-refractivity contribution in [2.24, 2.45) is 0 Å². The number of aromatic nitrogens is 3. The zero-order valence-corrected chi connectivity index (χ0v) is 20.1. The molecule has 1 N–H and O–H groups in total. The first kappa shape index (κ1) is 22.2. The largest absolute Gasteiger partial charge is 0.367 e. The van der Waals surface area contributed by atoms with E-state index in [4.69, 9.17) is 24.4 Å². The van der Waals surface area contributed by atoms with E-state index in [1.165, 1.54) is 0 Å². The lowest BCUT2D eigenvalue weighted by atomic mass is 9.93. The van der Waals surface area contributed by atoms with Gasteiger partial charge in [-0.05, 0) is 42.8 Å². The number of anilines is 1. The van der Waals surface area contributed by atoms with Crippen molar-refractivity contribution in [3.63, 3.8) is 0 Å². The number of piperidine rings is 1. The van der Waals surface area contributed by atoms with Gasteiger partial charge >= 0.3 is 0 Å². The number of hydrogen-bond acceptors (Lipinski definition) is 4. The van der Waals surface area contributed by atoms with E-state index in [9.17, 15) is 4.79 Å². The Labute approximate surface area is 210 Å². The lowest BCUT2D eigenvalue weighted by Crippen LogP contribution is -2.46. The average Bonchev–Trinajstić information content (AvgIpc) is 3.62. The lowest BCUT2D eigenvalue weighted by molar-refractivity contribution is -0.134. The van der Waals surface area contributed by atoms with Gasteiger partial charge < -0.3 is 10.2 Å². The molecule has 6 rings (SSSR count). The van der Waals surface area contributed by atoms with E-state index in [1.807, 2.05) is 53.4 Å². The second-order valence-corrected chi connectivity index (χ2v) is 9.91. The number of nitrogens with zero attached hydrogens (tertiary/aromatic N) is 4. The van der Waals surface area contributed by atoms with Gasteiger partial charge in [-0.2, -0.15) is 9.61 Å². The van der Waals surface area contributed by atoms with E-state index < -0.39 is 0 Å². The third kappa shape index (κ3) is 3.98. The minimum absolute atomic E-state index is 0.209. The predicted molar refractivity (Wildman–Crippen MR) is 139 cm³/mol. The summed E-state index contributed by atoms with van der Waals surface area (Å²) in [5.74, 6) is 1.09. The van der Waals surface area contributed by atoms with Gasteiger partial charge in [-0.1, -0.05) is 60.1 Å². The van der Waals surface area contributed by atoms with Gasteiger partial charge in [0.25, 0.3) is 0 Å². The molecule has 4 aromatic rings. The van der Waals surface area contributed by atoms with Crippen molar-refractivity contribution in [1.29, 1.82) is 0 Å². The first-order valence-electron chi connectivity index (χ1n) is 12.1. The van der Waals surface area contributed by atoms with E-state index in [2.05, 4.69) is 22.5 Å². The Hall–Kier alpha value is -3.32. The second-order valence-electron chi connectivity index (χ2n) is 9.50. The molecule has 35 heavy (non-hydrogen) atoms. The molecular weight excluding hydrogens is 457 g/mol. The summed E-state index contributed by atoms with van der Waals surface area (Å²) >= 11 is 6.45. The molecule has 2 radical (unpaired) electrons. The highest BCUT2D eigenvalue weighted by Gasteiger charge is 2.53. The summed E-state index contributed by atoms with van der Waals surface area (Å²) in [6.07, 6.45) is 5.21. The van der Waals surface area contributed by atoms with Crippen LogP contribution in [0.3, 0.4) is 0 Å². The number of rotatable bonds is 5. The number of amides is 1. The fraction of sp³-hybridized carbons (Fsp3) is 0.296. The lowest BCUT2D eigenvalue weighted by Gasteiger charge is -2.35. The highest BCUT2D eigenvalue weighted by molar-refractivity contribution is 6.36. The van der Waals surface area contributed by atoms with Crippen LogP contribution in [0.2, 0.25) is 5.02 Å². The molecule has 2 fully saturated rings. The van der Waals surface area contributed by atoms with E-state index in [0.29, 0.717) is 16.1 Å². The van der Waals surface area contributed by atoms with Crippen molar-refractivity contribution in [2.45, 2.75) is 37.1 Å². The van der Waals surface area contributed by atoms with Crippen LogP contribution in [0.15, 0.2) is 66.9 Å². The highest BCUT2D eigenvalue weighted by atomic mass is 35.5. The van der Waals surface area contributed by atoms with Gasteiger partial charge in [0.1, 0.15) is 13.7 Å². The second kappa shape index (κ2) is 8.72. The highest BCUT2D eigenvalue weighted by Crippen LogP contribution is 2.49. The van der Waals surface area contributed by atoms with Crippen LogP contribution in [-0.2, 0) is 10.2 Å². The summed E-state index contributed by atoms with van der Waals surface area (Å²) < 4.78 is 1.74. The molecule has 1 aliphatic heterocycles. The molecule has 8 heteroatoms. The molecule has 2 aromatic carbocycles. The Kier molecular flexibility index (Phi) is 5.52. The monoisotopic (exact) mass is 481 g/mol. The molecule has 1 saturated heterocycles. The summed E-state index contributed by atoms with van der Waals surface area (Å²) in [5, 5.41) is 8.70. The number of likely N-dealkylation sites (tertiary alicyclic amines) is 1. The van der Waals surface area contributed by atoms with Gasteiger partial charge in [-0.25, -0.2) is 4.98 Å². The van der Waals surface area contributed by atoms with Crippen molar-refractivity contribution in [3.05, 3.63) is 77.4 Å². The van der Waals surface area contributed by atoms with Crippen molar-refractivity contribution < 1.29 is 4.79 Å². The minimum Gasteiger partial charge on any atom is -0.367 e. The Bertz CT molecular complexity index is 1390. The number of carbonyl (C=O) groups excluding carboxylic acids is 1. The van der Waals surface area contributed by atoms with Gasteiger partial charge in [0.05, 0.1) is 11.1 Å². The van der Waals surface area contributed by atoms with Gasteiger partial charge in [0.2, 0.25) is 5.91 Å². The number of nitrogens with one attached hydrogen (secondary N) is 1. The first-order chi connectivity index (χ1) is 17.0. The molecule has 3 heterocycles. The molecule has 0 atom stereocenters. The predicted octanol–water partition coefficient (Wildman–Crippen LogP) is 3.98. The third-order valence-corrected chi connectivity index (χ3v) is 7.60. The normalized spacial score (nSPS) is 17.5. The molecule has 1 saturated carbocycles. The number of fused-ring (bicyclic) bond motifs is 1. The topological polar surface area (TPSA) is 62.5 Å². The maximum Gasteiger partial charge on any atom is 0.233 e. The zero-order chi connectivity index (χ0) is 24.0. The summed E-state index contributed by atoms with van der Waals surface area (Å²) in [6.45, 7) is 1.47. The molecule has 6 nitrogen and oxygen atoms in total. The van der Waals surface area contributed by atoms with Crippen molar-refractivity contribution in [1.82, 2.24) is 19.5 Å². The summed E-state index contributed by atoms with van der Waals surface area (Å²) in [6, 6.07) is 20.0. The Morgan fingerprint density at radius 3 is 2.49 bits per heavy atom. The van der Waals surface area contributed by atoms with E-state index in [0.717, 1.165) is 61.4 Å². The molecule has 174 valence electrons. The quantitative estimate of drug-likeness (QED) is 0.438. The Morgan fingerprint density at radius 2 is 1.77 bits per heavy atom. The van der Waals surface area contributed by atoms with Crippen LogP contribution in [0.25, 0.3) is 16.9 Å². The summed E-state index contributed by atoms with van der Waals surface area (Å²) in [5.41, 5.74) is 3.53. The first-order valence-corrected chi connectivity index (χ1v) is 12.4. The van der Waals surface area contributed by atoms with Crippen LogP contribution in [0, 0.1) is 0 Å². The number of carbonyl (C=O) groups is 1. The van der Waals surface area contributed by atoms with Gasteiger partial charge in [0, 0.05) is 42.0 Å². The molecule has 0 bridgehead atoms. The van der Waals surface area contributed by atoms with Crippen LogP contribution < -0.4 is 10.8 Å². The van der Waals surface area contributed by atoms with Crippen LogP contribution in [0.4, 0.5) is 5.82 Å². The smallest absolute Gasteiger partial charge is 0.233 e. The fourth-order valence-electron chi connectivity index (χ4n) is 5.14. The van der Waals surface area contributed by atoms with E-state index >= 15 is 0 Å². The Balaban J connectivity index is 1.20. The maximum atomic E-state index is 13.4. The Morgan fingerprint density at radius 1 is 1.06 bits per heavy atom. The molecule has 2 aliphatic rings. The number of hydrogen-bond donors (Lipinski definition) is 1. The average molecular weight is 482 g/mol. The zero-order valence-electron chi connectivity index (χ0n) is 19.3. The summed E-state index contributed by atoms with van der Waals surface area (Å²) in [7, 11) is 6.16. The van der Waals surface area contributed by atoms with Gasteiger partial charge in [-0.15, -0.1) is 0 Å². The molecule has 1 aliphatic carbocycles. The molecule has 0 spiro atoms. The molecule has 0 unspecified atom stereocenters. The molecule has 2 aromatic heterocycles. The SMILES string of the molecule is [B]c1cnn2c(NC3CCN(C(=O)C4(c5ccccc5)CC4)CC3)cc(-c3ccccc3Cl)nc12. The molecule has 1 amide bonds. The standard InChI is InChI=1S/C27H25BClN5O/c28-21-17-30-34-24(16-23(32-25(21)34)20-8-4-5-9-22(20)29)31-19-10-14-33(15-11-19)26(35)27(12-13-27)18-6-2-1-3-7-18/h1-9,16-17,19,31H,10-15H2.